The van der Waals surface area contributed by atoms with Gasteiger partial charge in [-0.1, -0.05) is 42.3 Å². The fourth-order valence-electron chi connectivity index (χ4n) is 4.33. The Morgan fingerprint density at radius 2 is 1.91 bits per heavy atom. The highest BCUT2D eigenvalue weighted by atomic mass is 35.5. The second-order valence-corrected chi connectivity index (χ2v) is 7.11. The van der Waals surface area contributed by atoms with E-state index in [9.17, 15) is 4.79 Å². The third-order valence-electron chi connectivity index (χ3n) is 5.37. The zero-order valence-electron chi connectivity index (χ0n) is 12.4. The van der Waals surface area contributed by atoms with Gasteiger partial charge in [0, 0.05) is 22.2 Å². The number of hydrogen-bond acceptors (Lipinski definition) is 2. The largest absolute Gasteiger partial charge is 0.426 e. The monoisotopic (exact) mass is 314 g/mol. The van der Waals surface area contributed by atoms with Crippen LogP contribution in [-0.4, -0.2) is 5.97 Å². The molecule has 114 valence electrons. The molecule has 2 aromatic rings. The number of carbonyl (C=O) groups is 1. The Kier molecular flexibility index (Phi) is 3.57. The predicted octanol–water partition coefficient (Wildman–Crippen LogP) is 5.22. The van der Waals surface area contributed by atoms with Crippen molar-refractivity contribution in [3.8, 4) is 5.75 Å². The van der Waals surface area contributed by atoms with Crippen LogP contribution in [0.3, 0.4) is 0 Å². The van der Waals surface area contributed by atoms with Crippen LogP contribution in [0.4, 0.5) is 0 Å². The Labute approximate surface area is 135 Å². The maximum atomic E-state index is 12.3. The first-order valence-corrected chi connectivity index (χ1v) is 8.46. The normalized spacial score (nSPS) is 26.5. The Morgan fingerprint density at radius 3 is 2.64 bits per heavy atom. The summed E-state index contributed by atoms with van der Waals surface area (Å²) in [6, 6.07) is 11.4. The third kappa shape index (κ3) is 2.50. The molecule has 22 heavy (non-hydrogen) atoms. The lowest BCUT2D eigenvalue weighted by Crippen LogP contribution is -2.18. The highest BCUT2D eigenvalue weighted by molar-refractivity contribution is 6.35. The first kappa shape index (κ1) is 14.1. The van der Waals surface area contributed by atoms with Crippen LogP contribution in [0.15, 0.2) is 36.4 Å². The average Bonchev–Trinajstić information content (AvgIpc) is 3.13. The molecule has 3 atom stereocenters. The molecule has 0 radical (unpaired) electrons. The summed E-state index contributed by atoms with van der Waals surface area (Å²) in [7, 11) is 0. The molecule has 2 aliphatic rings. The van der Waals surface area contributed by atoms with Gasteiger partial charge in [-0.15, -0.1) is 0 Å². The first-order valence-electron chi connectivity index (χ1n) is 8.08. The van der Waals surface area contributed by atoms with Gasteiger partial charge in [-0.2, -0.15) is 0 Å². The number of rotatable bonds is 3. The molecule has 2 nitrogen and oxygen atoms in total. The van der Waals surface area contributed by atoms with Crippen molar-refractivity contribution in [2.24, 2.45) is 17.8 Å². The van der Waals surface area contributed by atoms with Crippen molar-refractivity contribution >= 4 is 28.3 Å². The molecular formula is C19H19ClO2. The van der Waals surface area contributed by atoms with Gasteiger partial charge in [-0.3, -0.25) is 4.79 Å². The molecule has 0 spiro atoms. The molecule has 0 aliphatic heterocycles. The highest BCUT2D eigenvalue weighted by Gasteiger charge is 2.40. The van der Waals surface area contributed by atoms with Gasteiger partial charge in [-0.05, 0) is 49.1 Å². The van der Waals surface area contributed by atoms with Crippen LogP contribution < -0.4 is 4.74 Å². The third-order valence-corrected chi connectivity index (χ3v) is 5.70. The molecule has 0 heterocycles. The van der Waals surface area contributed by atoms with Crippen molar-refractivity contribution in [3.05, 3.63) is 41.4 Å². The number of esters is 1. The Hall–Kier alpha value is -1.54. The standard InChI is InChI=1S/C19H19ClO2/c20-17-7-8-18(16-4-2-1-3-15(16)17)22-19(21)11-14-10-12-5-6-13(14)9-12/h1-4,7-8,12-14H,5-6,9-11H2/t12-,13+,14-/m0/s1. The molecule has 3 heteroatoms. The summed E-state index contributed by atoms with van der Waals surface area (Å²) in [6.45, 7) is 0. The minimum absolute atomic E-state index is 0.106. The minimum atomic E-state index is -0.106. The van der Waals surface area contributed by atoms with E-state index in [1.54, 1.807) is 12.1 Å². The van der Waals surface area contributed by atoms with Crippen LogP contribution in [0.2, 0.25) is 5.02 Å². The van der Waals surface area contributed by atoms with E-state index in [0.29, 0.717) is 23.1 Å². The van der Waals surface area contributed by atoms with E-state index in [4.69, 9.17) is 16.3 Å². The van der Waals surface area contributed by atoms with E-state index in [1.165, 1.54) is 25.7 Å². The molecule has 0 amide bonds. The fraction of sp³-hybridized carbons (Fsp3) is 0.421. The van der Waals surface area contributed by atoms with Crippen LogP contribution in [0, 0.1) is 17.8 Å². The molecule has 2 fully saturated rings. The van der Waals surface area contributed by atoms with Gasteiger partial charge in [0.05, 0.1) is 0 Å². The van der Waals surface area contributed by atoms with E-state index >= 15 is 0 Å². The summed E-state index contributed by atoms with van der Waals surface area (Å²) in [6.07, 6.45) is 5.74. The lowest BCUT2D eigenvalue weighted by Gasteiger charge is -2.20. The minimum Gasteiger partial charge on any atom is -0.426 e. The molecule has 2 aromatic carbocycles. The van der Waals surface area contributed by atoms with Crippen molar-refractivity contribution in [1.82, 2.24) is 0 Å². The van der Waals surface area contributed by atoms with Crippen LogP contribution in [0.1, 0.15) is 32.1 Å². The van der Waals surface area contributed by atoms with Crippen molar-refractivity contribution in [2.75, 3.05) is 0 Å². The smallest absolute Gasteiger partial charge is 0.311 e. The van der Waals surface area contributed by atoms with Crippen LogP contribution in [0.5, 0.6) is 5.75 Å². The lowest BCUT2D eigenvalue weighted by molar-refractivity contribution is -0.135. The molecular weight excluding hydrogens is 296 g/mol. The van der Waals surface area contributed by atoms with E-state index < -0.39 is 0 Å². The van der Waals surface area contributed by atoms with Crippen molar-refractivity contribution in [1.29, 1.82) is 0 Å². The van der Waals surface area contributed by atoms with Gasteiger partial charge in [0.1, 0.15) is 5.75 Å². The topological polar surface area (TPSA) is 26.3 Å². The second-order valence-electron chi connectivity index (χ2n) is 6.70. The predicted molar refractivity (Wildman–Crippen MR) is 88.1 cm³/mol. The van der Waals surface area contributed by atoms with E-state index in [1.807, 2.05) is 24.3 Å². The second kappa shape index (κ2) is 5.58. The molecule has 2 saturated carbocycles. The number of benzene rings is 2. The molecule has 0 unspecified atom stereocenters. The quantitative estimate of drug-likeness (QED) is 0.573. The summed E-state index contributed by atoms with van der Waals surface area (Å²) >= 11 is 6.21. The number of carbonyl (C=O) groups excluding carboxylic acids is 1. The summed E-state index contributed by atoms with van der Waals surface area (Å²) in [4.78, 5) is 12.3. The fourth-order valence-corrected chi connectivity index (χ4v) is 4.56. The van der Waals surface area contributed by atoms with Gasteiger partial charge < -0.3 is 4.74 Å². The van der Waals surface area contributed by atoms with Gasteiger partial charge in [0.15, 0.2) is 0 Å². The van der Waals surface area contributed by atoms with Crippen LogP contribution in [-0.2, 0) is 4.79 Å². The van der Waals surface area contributed by atoms with E-state index in [2.05, 4.69) is 0 Å². The van der Waals surface area contributed by atoms with Crippen molar-refractivity contribution in [2.45, 2.75) is 32.1 Å². The highest BCUT2D eigenvalue weighted by Crippen LogP contribution is 2.49. The summed E-state index contributed by atoms with van der Waals surface area (Å²) < 4.78 is 5.65. The summed E-state index contributed by atoms with van der Waals surface area (Å²) in [5.41, 5.74) is 0. The van der Waals surface area contributed by atoms with E-state index in [0.717, 1.165) is 22.6 Å². The first-order chi connectivity index (χ1) is 10.7. The van der Waals surface area contributed by atoms with Crippen molar-refractivity contribution in [3.63, 3.8) is 0 Å². The molecule has 0 N–H and O–H groups in total. The Morgan fingerprint density at radius 1 is 1.09 bits per heavy atom. The van der Waals surface area contributed by atoms with Gasteiger partial charge in [0.25, 0.3) is 0 Å². The summed E-state index contributed by atoms with van der Waals surface area (Å²) in [5.74, 6) is 2.65. The van der Waals surface area contributed by atoms with Gasteiger partial charge >= 0.3 is 5.97 Å². The lowest BCUT2D eigenvalue weighted by atomic mass is 9.86. The SMILES string of the molecule is O=C(C[C@@H]1C[C@H]2CC[C@@H]1C2)Oc1ccc(Cl)c2ccccc12. The molecule has 2 bridgehead atoms. The molecule has 0 aromatic heterocycles. The maximum Gasteiger partial charge on any atom is 0.311 e. The molecule has 0 saturated heterocycles. The van der Waals surface area contributed by atoms with Crippen LogP contribution >= 0.6 is 11.6 Å². The number of hydrogen-bond donors (Lipinski definition) is 0. The number of halogens is 1. The average molecular weight is 315 g/mol. The molecule has 2 aliphatic carbocycles. The zero-order valence-corrected chi connectivity index (χ0v) is 13.2. The Balaban J connectivity index is 1.51. The van der Waals surface area contributed by atoms with Gasteiger partial charge in [-0.25, -0.2) is 0 Å². The van der Waals surface area contributed by atoms with E-state index in [-0.39, 0.29) is 5.97 Å². The number of ether oxygens (including phenoxy) is 1. The summed E-state index contributed by atoms with van der Waals surface area (Å²) in [5, 5.41) is 2.51. The van der Waals surface area contributed by atoms with Gasteiger partial charge in [0.2, 0.25) is 0 Å². The zero-order chi connectivity index (χ0) is 15.1. The maximum absolute atomic E-state index is 12.3. The molecule has 4 rings (SSSR count). The Bertz CT molecular complexity index is 724. The van der Waals surface area contributed by atoms with Crippen molar-refractivity contribution < 1.29 is 9.53 Å². The number of fused-ring (bicyclic) bond motifs is 3. The van der Waals surface area contributed by atoms with Crippen LogP contribution in [0.25, 0.3) is 10.8 Å².